The Morgan fingerprint density at radius 2 is 0.569 bits per heavy atom. The minimum absolute atomic E-state index is 0.0631. The molecular formula is C52H100O6. The van der Waals surface area contributed by atoms with Gasteiger partial charge in [0.15, 0.2) is 6.10 Å². The van der Waals surface area contributed by atoms with Crippen LogP contribution in [0.15, 0.2) is 0 Å². The molecule has 0 aliphatic carbocycles. The predicted molar refractivity (Wildman–Crippen MR) is 247 cm³/mol. The molecule has 6 heteroatoms. The van der Waals surface area contributed by atoms with Crippen molar-refractivity contribution in [2.24, 2.45) is 5.92 Å². The molecular weight excluding hydrogens is 721 g/mol. The van der Waals surface area contributed by atoms with E-state index in [9.17, 15) is 14.4 Å². The van der Waals surface area contributed by atoms with Gasteiger partial charge in [0.2, 0.25) is 0 Å². The van der Waals surface area contributed by atoms with Gasteiger partial charge in [-0.15, -0.1) is 0 Å². The molecule has 0 heterocycles. The third kappa shape index (κ3) is 45.5. The van der Waals surface area contributed by atoms with Gasteiger partial charge in [-0.3, -0.25) is 14.4 Å². The fourth-order valence-corrected chi connectivity index (χ4v) is 7.86. The maximum Gasteiger partial charge on any atom is 0.306 e. The van der Waals surface area contributed by atoms with Crippen molar-refractivity contribution in [1.82, 2.24) is 0 Å². The van der Waals surface area contributed by atoms with Gasteiger partial charge in [0.1, 0.15) is 13.2 Å². The van der Waals surface area contributed by atoms with Gasteiger partial charge in [-0.1, -0.05) is 252 Å². The van der Waals surface area contributed by atoms with Gasteiger partial charge in [0.25, 0.3) is 0 Å². The van der Waals surface area contributed by atoms with Crippen LogP contribution in [0.3, 0.4) is 0 Å². The number of hydrogen-bond donors (Lipinski definition) is 0. The third-order valence-corrected chi connectivity index (χ3v) is 11.8. The highest BCUT2D eigenvalue weighted by molar-refractivity contribution is 5.71. The molecule has 0 bridgehead atoms. The van der Waals surface area contributed by atoms with Crippen LogP contribution >= 0.6 is 0 Å². The van der Waals surface area contributed by atoms with E-state index in [4.69, 9.17) is 14.2 Å². The van der Waals surface area contributed by atoms with Crippen molar-refractivity contribution in [3.8, 4) is 0 Å². The van der Waals surface area contributed by atoms with E-state index in [1.54, 1.807) is 0 Å². The van der Waals surface area contributed by atoms with Crippen LogP contribution in [0.4, 0.5) is 0 Å². The van der Waals surface area contributed by atoms with Gasteiger partial charge in [0.05, 0.1) is 0 Å². The van der Waals surface area contributed by atoms with Gasteiger partial charge in [-0.2, -0.15) is 0 Å². The predicted octanol–water partition coefficient (Wildman–Crippen LogP) is 16.7. The lowest BCUT2D eigenvalue weighted by Gasteiger charge is -2.18. The summed E-state index contributed by atoms with van der Waals surface area (Å²) in [5.41, 5.74) is 0. The number of esters is 3. The van der Waals surface area contributed by atoms with Crippen LogP contribution in [-0.2, 0) is 28.6 Å². The Labute approximate surface area is 361 Å². The Morgan fingerprint density at radius 1 is 0.328 bits per heavy atom. The van der Waals surface area contributed by atoms with E-state index in [1.807, 2.05) is 0 Å². The van der Waals surface area contributed by atoms with E-state index in [-0.39, 0.29) is 31.1 Å². The summed E-state index contributed by atoms with van der Waals surface area (Å²) in [6.45, 7) is 9.00. The van der Waals surface area contributed by atoms with Crippen LogP contribution in [0.2, 0.25) is 0 Å². The van der Waals surface area contributed by atoms with Gasteiger partial charge < -0.3 is 14.2 Å². The third-order valence-electron chi connectivity index (χ3n) is 11.8. The molecule has 1 atom stereocenters. The maximum atomic E-state index is 12.8. The smallest absolute Gasteiger partial charge is 0.306 e. The average Bonchev–Trinajstić information content (AvgIpc) is 3.21. The summed E-state index contributed by atoms with van der Waals surface area (Å²) in [7, 11) is 0. The first kappa shape index (κ1) is 56.4. The Balaban J connectivity index is 4.19. The zero-order valence-corrected chi connectivity index (χ0v) is 39.5. The van der Waals surface area contributed by atoms with E-state index in [0.717, 1.165) is 63.7 Å². The molecule has 0 spiro atoms. The largest absolute Gasteiger partial charge is 0.462 e. The monoisotopic (exact) mass is 821 g/mol. The normalized spacial score (nSPS) is 11.9. The summed E-state index contributed by atoms with van der Waals surface area (Å²) >= 11 is 0. The summed E-state index contributed by atoms with van der Waals surface area (Å²) in [6, 6.07) is 0. The molecule has 0 aromatic heterocycles. The van der Waals surface area contributed by atoms with E-state index in [0.29, 0.717) is 19.3 Å². The van der Waals surface area contributed by atoms with E-state index < -0.39 is 6.10 Å². The van der Waals surface area contributed by atoms with Crippen LogP contribution in [0.1, 0.15) is 291 Å². The highest BCUT2D eigenvalue weighted by Crippen LogP contribution is 2.17. The number of hydrogen-bond acceptors (Lipinski definition) is 6. The molecule has 0 saturated heterocycles. The van der Waals surface area contributed by atoms with Crippen molar-refractivity contribution in [3.05, 3.63) is 0 Å². The highest BCUT2D eigenvalue weighted by Gasteiger charge is 2.19. The molecule has 0 N–H and O–H groups in total. The van der Waals surface area contributed by atoms with Gasteiger partial charge in [0, 0.05) is 19.3 Å². The standard InChI is InChI=1S/C52H100O6/c1-5-7-9-11-13-14-15-16-17-18-23-26-29-33-37-41-45-52(55)58-49(46-56-50(53)43-39-35-30-12-10-8-6-2)47-57-51(54)44-40-36-32-28-25-22-20-19-21-24-27-31-34-38-42-48(3)4/h48-49H,5-47H2,1-4H3/t49-/m1/s1. The molecule has 344 valence electrons. The minimum Gasteiger partial charge on any atom is -0.462 e. The number of unbranched alkanes of at least 4 members (excludes halogenated alkanes) is 34. The van der Waals surface area contributed by atoms with Crippen LogP contribution in [0, 0.1) is 5.92 Å². The van der Waals surface area contributed by atoms with Gasteiger partial charge in [-0.25, -0.2) is 0 Å². The molecule has 0 aromatic rings. The second-order valence-corrected chi connectivity index (χ2v) is 18.3. The molecule has 0 unspecified atom stereocenters. The van der Waals surface area contributed by atoms with E-state index in [2.05, 4.69) is 27.7 Å². The molecule has 0 saturated carbocycles. The number of carbonyl (C=O) groups is 3. The molecule has 0 fully saturated rings. The van der Waals surface area contributed by atoms with Crippen molar-refractivity contribution in [2.45, 2.75) is 297 Å². The average molecular weight is 821 g/mol. The lowest BCUT2D eigenvalue weighted by atomic mass is 10.0. The van der Waals surface area contributed by atoms with Crippen LogP contribution in [0.5, 0.6) is 0 Å². The van der Waals surface area contributed by atoms with Crippen molar-refractivity contribution >= 4 is 17.9 Å². The molecule has 0 radical (unpaired) electrons. The van der Waals surface area contributed by atoms with Crippen molar-refractivity contribution < 1.29 is 28.6 Å². The first-order valence-corrected chi connectivity index (χ1v) is 25.9. The van der Waals surface area contributed by atoms with Crippen molar-refractivity contribution in [1.29, 1.82) is 0 Å². The second-order valence-electron chi connectivity index (χ2n) is 18.3. The molecule has 0 aliphatic rings. The van der Waals surface area contributed by atoms with Crippen LogP contribution in [-0.4, -0.2) is 37.2 Å². The number of ether oxygens (including phenoxy) is 3. The quantitative estimate of drug-likeness (QED) is 0.0346. The second kappa shape index (κ2) is 46.5. The zero-order valence-electron chi connectivity index (χ0n) is 39.5. The van der Waals surface area contributed by atoms with Gasteiger partial charge >= 0.3 is 17.9 Å². The molecule has 0 rings (SSSR count). The fourth-order valence-electron chi connectivity index (χ4n) is 7.86. The summed E-state index contributed by atoms with van der Waals surface area (Å²) in [5, 5.41) is 0. The Hall–Kier alpha value is -1.59. The highest BCUT2D eigenvalue weighted by atomic mass is 16.6. The summed E-state index contributed by atoms with van der Waals surface area (Å²) in [5.74, 6) is -0.00592. The molecule has 0 aromatic carbocycles. The summed E-state index contributed by atoms with van der Waals surface area (Å²) < 4.78 is 16.7. The van der Waals surface area contributed by atoms with E-state index in [1.165, 1.54) is 186 Å². The first-order valence-electron chi connectivity index (χ1n) is 25.9. The SMILES string of the molecule is CCCCCCCCCCCCCCCCCCC(=O)O[C@H](COC(=O)CCCCCCCCC)COC(=O)CCCCCCCCCCCCCCCCC(C)C. The van der Waals surface area contributed by atoms with Gasteiger partial charge in [-0.05, 0) is 25.2 Å². The minimum atomic E-state index is -0.759. The summed E-state index contributed by atoms with van der Waals surface area (Å²) in [4.78, 5) is 37.8. The van der Waals surface area contributed by atoms with E-state index >= 15 is 0 Å². The van der Waals surface area contributed by atoms with Crippen LogP contribution in [0.25, 0.3) is 0 Å². The molecule has 0 amide bonds. The Kier molecular flexibility index (Phi) is 45.2. The topological polar surface area (TPSA) is 78.9 Å². The molecule has 58 heavy (non-hydrogen) atoms. The van der Waals surface area contributed by atoms with Crippen LogP contribution < -0.4 is 0 Å². The fraction of sp³-hybridized carbons (Fsp3) is 0.942. The van der Waals surface area contributed by atoms with Crippen molar-refractivity contribution in [2.75, 3.05) is 13.2 Å². The maximum absolute atomic E-state index is 12.8. The zero-order chi connectivity index (χ0) is 42.4. The number of carbonyl (C=O) groups excluding carboxylic acids is 3. The molecule has 0 aliphatic heterocycles. The Morgan fingerprint density at radius 3 is 0.845 bits per heavy atom. The lowest BCUT2D eigenvalue weighted by molar-refractivity contribution is -0.167. The summed E-state index contributed by atoms with van der Waals surface area (Å²) in [6.07, 6.45) is 48.1. The lowest BCUT2D eigenvalue weighted by Crippen LogP contribution is -2.30. The Bertz CT molecular complexity index is 872. The first-order chi connectivity index (χ1) is 28.4. The number of rotatable bonds is 47. The molecule has 6 nitrogen and oxygen atoms in total. The van der Waals surface area contributed by atoms with Crippen molar-refractivity contribution in [3.63, 3.8) is 0 Å².